The molecule has 0 aromatic heterocycles. The smallest absolute Gasteiger partial charge is 0.223 e. The fraction of sp³-hybridized carbons (Fsp3) is 0.588. The van der Waals surface area contributed by atoms with Gasteiger partial charge in [0, 0.05) is 12.0 Å². The maximum atomic E-state index is 12.3. The molecular formula is C17H27ClN2O. The lowest BCUT2D eigenvalue weighted by Gasteiger charge is -2.27. The molecule has 1 amide bonds. The minimum Gasteiger partial charge on any atom is -0.349 e. The Labute approximate surface area is 134 Å². The number of amides is 1. The standard InChI is InChI=1S/C17H26N2O.ClH/c1-3-13-7-9-14(10-8-13)12(2)19-17(20)15-5-4-6-16(18)11-15;/h7-10,12,15-16H,3-6,11,18H2,1-2H3,(H,19,20);1H. The highest BCUT2D eigenvalue weighted by molar-refractivity contribution is 5.85. The lowest BCUT2D eigenvalue weighted by molar-refractivity contribution is -0.126. The van der Waals surface area contributed by atoms with Crippen molar-refractivity contribution in [2.45, 2.75) is 58.0 Å². The molecule has 0 radical (unpaired) electrons. The topological polar surface area (TPSA) is 55.1 Å². The summed E-state index contributed by atoms with van der Waals surface area (Å²) in [5.41, 5.74) is 8.44. The van der Waals surface area contributed by atoms with Crippen molar-refractivity contribution in [3.63, 3.8) is 0 Å². The van der Waals surface area contributed by atoms with Crippen molar-refractivity contribution in [1.82, 2.24) is 5.32 Å². The van der Waals surface area contributed by atoms with Gasteiger partial charge in [-0.1, -0.05) is 37.6 Å². The van der Waals surface area contributed by atoms with Gasteiger partial charge in [0.25, 0.3) is 0 Å². The Bertz CT molecular complexity index is 447. The van der Waals surface area contributed by atoms with Gasteiger partial charge in [-0.25, -0.2) is 0 Å². The number of aryl methyl sites for hydroxylation is 1. The second-order valence-electron chi connectivity index (χ2n) is 5.95. The Kier molecular flexibility index (Phi) is 7.20. The van der Waals surface area contributed by atoms with Crippen LogP contribution in [-0.4, -0.2) is 11.9 Å². The van der Waals surface area contributed by atoms with E-state index in [1.54, 1.807) is 0 Å². The van der Waals surface area contributed by atoms with Crippen LogP contribution in [0, 0.1) is 5.92 Å². The summed E-state index contributed by atoms with van der Waals surface area (Å²) in [5, 5.41) is 3.13. The first-order valence-electron chi connectivity index (χ1n) is 7.75. The van der Waals surface area contributed by atoms with E-state index >= 15 is 0 Å². The van der Waals surface area contributed by atoms with Gasteiger partial charge in [0.05, 0.1) is 6.04 Å². The molecule has 1 aromatic rings. The van der Waals surface area contributed by atoms with Crippen LogP contribution in [0.25, 0.3) is 0 Å². The van der Waals surface area contributed by atoms with Crippen molar-refractivity contribution in [3.8, 4) is 0 Å². The molecule has 3 nitrogen and oxygen atoms in total. The largest absolute Gasteiger partial charge is 0.349 e. The normalized spacial score (nSPS) is 23.0. The highest BCUT2D eigenvalue weighted by Crippen LogP contribution is 2.24. The van der Waals surface area contributed by atoms with Crippen molar-refractivity contribution in [3.05, 3.63) is 35.4 Å². The molecule has 0 saturated heterocycles. The predicted octanol–water partition coefficient (Wildman–Crippen LogP) is 3.37. The van der Waals surface area contributed by atoms with Gasteiger partial charge in [-0.2, -0.15) is 0 Å². The minimum atomic E-state index is 0. The second kappa shape index (κ2) is 8.40. The van der Waals surface area contributed by atoms with Crippen LogP contribution in [0.2, 0.25) is 0 Å². The summed E-state index contributed by atoms with van der Waals surface area (Å²) < 4.78 is 0. The third kappa shape index (κ3) is 5.01. The number of rotatable bonds is 4. The molecule has 1 aliphatic carbocycles. The Morgan fingerprint density at radius 3 is 2.57 bits per heavy atom. The van der Waals surface area contributed by atoms with Gasteiger partial charge in [0.15, 0.2) is 0 Å². The summed E-state index contributed by atoms with van der Waals surface area (Å²) in [6, 6.07) is 8.74. The predicted molar refractivity (Wildman–Crippen MR) is 89.6 cm³/mol. The lowest BCUT2D eigenvalue weighted by atomic mass is 9.85. The van der Waals surface area contributed by atoms with Gasteiger partial charge >= 0.3 is 0 Å². The highest BCUT2D eigenvalue weighted by Gasteiger charge is 2.26. The van der Waals surface area contributed by atoms with E-state index in [9.17, 15) is 4.79 Å². The molecule has 0 heterocycles. The van der Waals surface area contributed by atoms with E-state index in [0.29, 0.717) is 0 Å². The SMILES string of the molecule is CCc1ccc(C(C)NC(=O)C2CCCC(N)C2)cc1.Cl. The molecule has 0 aliphatic heterocycles. The molecule has 1 aliphatic rings. The third-order valence-corrected chi connectivity index (χ3v) is 4.33. The van der Waals surface area contributed by atoms with Crippen LogP contribution >= 0.6 is 12.4 Å². The first-order chi connectivity index (χ1) is 9.60. The second-order valence-corrected chi connectivity index (χ2v) is 5.95. The molecule has 0 bridgehead atoms. The monoisotopic (exact) mass is 310 g/mol. The number of carbonyl (C=O) groups is 1. The number of halogens is 1. The maximum absolute atomic E-state index is 12.3. The van der Waals surface area contributed by atoms with Crippen LogP contribution in [0.1, 0.15) is 56.7 Å². The van der Waals surface area contributed by atoms with Crippen LogP contribution in [0.5, 0.6) is 0 Å². The molecule has 3 unspecified atom stereocenters. The molecule has 3 N–H and O–H groups in total. The van der Waals surface area contributed by atoms with Gasteiger partial charge < -0.3 is 11.1 Å². The van der Waals surface area contributed by atoms with E-state index in [1.807, 2.05) is 6.92 Å². The molecule has 1 fully saturated rings. The van der Waals surface area contributed by atoms with E-state index in [1.165, 1.54) is 5.56 Å². The number of hydrogen-bond donors (Lipinski definition) is 2. The van der Waals surface area contributed by atoms with Crippen LogP contribution in [0.3, 0.4) is 0 Å². The third-order valence-electron chi connectivity index (χ3n) is 4.33. The molecule has 118 valence electrons. The van der Waals surface area contributed by atoms with Gasteiger partial charge in [-0.05, 0) is 43.7 Å². The van der Waals surface area contributed by atoms with E-state index in [2.05, 4.69) is 36.5 Å². The average molecular weight is 311 g/mol. The van der Waals surface area contributed by atoms with Gasteiger partial charge in [0.1, 0.15) is 0 Å². The number of carbonyl (C=O) groups excluding carboxylic acids is 1. The van der Waals surface area contributed by atoms with Gasteiger partial charge in [0.2, 0.25) is 5.91 Å². The van der Waals surface area contributed by atoms with E-state index < -0.39 is 0 Å². The molecule has 1 aromatic carbocycles. The van der Waals surface area contributed by atoms with Gasteiger partial charge in [-0.3, -0.25) is 4.79 Å². The van der Waals surface area contributed by atoms with Crippen LogP contribution < -0.4 is 11.1 Å². The van der Waals surface area contributed by atoms with Crippen LogP contribution in [0.4, 0.5) is 0 Å². The lowest BCUT2D eigenvalue weighted by Crippen LogP contribution is -2.38. The molecule has 3 atom stereocenters. The molecule has 2 rings (SSSR count). The average Bonchev–Trinajstić information content (AvgIpc) is 2.47. The molecule has 0 spiro atoms. The van der Waals surface area contributed by atoms with Crippen molar-refractivity contribution < 1.29 is 4.79 Å². The minimum absolute atomic E-state index is 0. The van der Waals surface area contributed by atoms with E-state index in [0.717, 1.165) is 37.7 Å². The van der Waals surface area contributed by atoms with Crippen molar-refractivity contribution >= 4 is 18.3 Å². The summed E-state index contributed by atoms with van der Waals surface area (Å²) in [6.07, 6.45) is 4.96. The summed E-state index contributed by atoms with van der Waals surface area (Å²) in [6.45, 7) is 4.19. The highest BCUT2D eigenvalue weighted by atomic mass is 35.5. The van der Waals surface area contributed by atoms with Gasteiger partial charge in [-0.15, -0.1) is 12.4 Å². The Morgan fingerprint density at radius 1 is 1.33 bits per heavy atom. The number of nitrogens with two attached hydrogens (primary N) is 1. The van der Waals surface area contributed by atoms with Crippen molar-refractivity contribution in [2.75, 3.05) is 0 Å². The van der Waals surface area contributed by atoms with Crippen LogP contribution in [0.15, 0.2) is 24.3 Å². The Morgan fingerprint density at radius 2 is 2.00 bits per heavy atom. The van der Waals surface area contributed by atoms with Crippen molar-refractivity contribution in [2.24, 2.45) is 11.7 Å². The number of benzene rings is 1. The summed E-state index contributed by atoms with van der Waals surface area (Å²) in [5.74, 6) is 0.253. The van der Waals surface area contributed by atoms with E-state index in [-0.39, 0.29) is 36.3 Å². The van der Waals surface area contributed by atoms with E-state index in [4.69, 9.17) is 5.73 Å². The molecule has 1 saturated carbocycles. The number of hydrogen-bond acceptors (Lipinski definition) is 2. The zero-order chi connectivity index (χ0) is 14.5. The maximum Gasteiger partial charge on any atom is 0.223 e. The molecule has 21 heavy (non-hydrogen) atoms. The summed E-state index contributed by atoms with van der Waals surface area (Å²) in [7, 11) is 0. The molecular weight excluding hydrogens is 284 g/mol. The Balaban J connectivity index is 0.00000220. The first-order valence-corrected chi connectivity index (χ1v) is 7.75. The van der Waals surface area contributed by atoms with Crippen molar-refractivity contribution in [1.29, 1.82) is 0 Å². The summed E-state index contributed by atoms with van der Waals surface area (Å²) in [4.78, 5) is 12.3. The van der Waals surface area contributed by atoms with Crippen LogP contribution in [-0.2, 0) is 11.2 Å². The fourth-order valence-electron chi connectivity index (χ4n) is 2.92. The number of nitrogens with one attached hydrogen (secondary N) is 1. The summed E-state index contributed by atoms with van der Waals surface area (Å²) >= 11 is 0. The first kappa shape index (κ1) is 18.0. The molecule has 4 heteroatoms. The Hall–Kier alpha value is -1.06. The zero-order valence-electron chi connectivity index (χ0n) is 13.0. The zero-order valence-corrected chi connectivity index (χ0v) is 13.8. The fourth-order valence-corrected chi connectivity index (χ4v) is 2.92. The quantitative estimate of drug-likeness (QED) is 0.896.